The fraction of sp³-hybridized carbons (Fsp3) is 0.259. The summed E-state index contributed by atoms with van der Waals surface area (Å²) in [5.74, 6) is 4.51. The van der Waals surface area contributed by atoms with Gasteiger partial charge in [-0.1, -0.05) is 11.6 Å². The monoisotopic (exact) mass is 605 g/mol. The largest absolute Gasteiger partial charge is 0.345 e. The molecule has 3 N–H and O–H groups in total. The highest BCUT2D eigenvalue weighted by atomic mass is 35.5. The average molecular weight is 606 g/mol. The lowest BCUT2D eigenvalue weighted by atomic mass is 10.2. The fourth-order valence-electron chi connectivity index (χ4n) is 4.72. The van der Waals surface area contributed by atoms with Crippen LogP contribution in [0.1, 0.15) is 42.6 Å². The summed E-state index contributed by atoms with van der Waals surface area (Å²) in [6.07, 6.45) is 11.3. The number of fused-ring (bicyclic) bond motifs is 2. The van der Waals surface area contributed by atoms with Crippen molar-refractivity contribution < 1.29 is 9.18 Å². The van der Waals surface area contributed by atoms with Crippen molar-refractivity contribution in [1.82, 2.24) is 38.4 Å². The second-order valence-corrected chi connectivity index (χ2v) is 10.3. The van der Waals surface area contributed by atoms with Crippen LogP contribution in [0.15, 0.2) is 63.1 Å². The van der Waals surface area contributed by atoms with Crippen molar-refractivity contribution in [2.45, 2.75) is 45.3 Å². The van der Waals surface area contributed by atoms with E-state index in [1.54, 1.807) is 23.7 Å². The Morgan fingerprint density at radius 3 is 2.79 bits per heavy atom. The van der Waals surface area contributed by atoms with Crippen LogP contribution in [0.5, 0.6) is 0 Å². The number of amides is 1. The number of hydrogen-bond donors (Lipinski definition) is 2. The van der Waals surface area contributed by atoms with Gasteiger partial charge in [-0.25, -0.2) is 19.0 Å². The maximum atomic E-state index is 14.5. The molecular formula is C27H25ClFN11O3. The smallest absolute Gasteiger partial charge is 0.332 e. The topological polar surface area (TPSA) is 171 Å². The first kappa shape index (κ1) is 28.0. The molecule has 16 heteroatoms. The second-order valence-electron chi connectivity index (χ2n) is 9.91. The molecule has 0 saturated heterocycles. The highest BCUT2D eigenvalue weighted by molar-refractivity contribution is 6.60. The molecule has 0 aromatic carbocycles. The van der Waals surface area contributed by atoms with E-state index in [0.29, 0.717) is 22.9 Å². The maximum Gasteiger partial charge on any atom is 0.332 e. The Kier molecular flexibility index (Phi) is 7.31. The molecule has 14 nitrogen and oxygen atoms in total. The predicted molar refractivity (Wildman–Crippen MR) is 156 cm³/mol. The number of nitrogens with two attached hydrogens (primary N) is 1. The number of carbonyl (C=O) groups is 1. The molecule has 1 fully saturated rings. The summed E-state index contributed by atoms with van der Waals surface area (Å²) >= 11 is 5.88. The standard InChI is InChI=1S/C27H25ClFN11O3/c1-2-40-27(43)26(42)39(14-34-40)21-7-16(15-3-4-15)11-38-12-17(35-24(21)38)8-31-9-20(36-30)25(41)32-10-19-23-22(29)18(28)5-6-37(23)13-33-19/h5-7,9,11-15H,2-4,8,10,30H2,1H3,(H,32,41). The molecule has 5 aromatic rings. The van der Waals surface area contributed by atoms with Gasteiger partial charge < -0.3 is 20.0 Å². The van der Waals surface area contributed by atoms with Gasteiger partial charge in [-0.15, -0.1) is 0 Å². The molecule has 5 heterocycles. The molecule has 6 rings (SSSR count). The van der Waals surface area contributed by atoms with E-state index in [0.717, 1.165) is 23.1 Å². The van der Waals surface area contributed by atoms with Gasteiger partial charge in [0.1, 0.15) is 11.8 Å². The van der Waals surface area contributed by atoms with Gasteiger partial charge in [0.2, 0.25) is 0 Å². The van der Waals surface area contributed by atoms with Crippen LogP contribution in [0.25, 0.3) is 16.9 Å². The Labute approximate surface area is 247 Å². The van der Waals surface area contributed by atoms with Crippen LogP contribution >= 0.6 is 11.6 Å². The summed E-state index contributed by atoms with van der Waals surface area (Å²) in [5, 5.41) is 10.1. The lowest BCUT2D eigenvalue weighted by Gasteiger charge is -2.10. The van der Waals surface area contributed by atoms with Crippen molar-refractivity contribution in [2.75, 3.05) is 0 Å². The van der Waals surface area contributed by atoms with Crippen molar-refractivity contribution in [3.8, 4) is 5.69 Å². The van der Waals surface area contributed by atoms with E-state index in [2.05, 4.69) is 30.5 Å². The number of aromatic nitrogens is 7. The Hall–Kier alpha value is -5.18. The van der Waals surface area contributed by atoms with Crippen molar-refractivity contribution in [3.63, 3.8) is 0 Å². The number of hydrazone groups is 1. The molecular weight excluding hydrogens is 581 g/mol. The van der Waals surface area contributed by atoms with Crippen LogP contribution in [0, 0.1) is 5.82 Å². The number of hydrogen-bond acceptors (Lipinski definition) is 9. The first-order valence-corrected chi connectivity index (χ1v) is 13.7. The first-order valence-electron chi connectivity index (χ1n) is 13.3. The van der Waals surface area contributed by atoms with Gasteiger partial charge in [0, 0.05) is 25.1 Å². The zero-order valence-electron chi connectivity index (χ0n) is 22.8. The van der Waals surface area contributed by atoms with Crippen molar-refractivity contribution in [1.29, 1.82) is 0 Å². The van der Waals surface area contributed by atoms with Gasteiger partial charge >= 0.3 is 11.1 Å². The Morgan fingerprint density at radius 1 is 1.23 bits per heavy atom. The van der Waals surface area contributed by atoms with Gasteiger partial charge in [0.15, 0.2) is 17.2 Å². The highest BCUT2D eigenvalue weighted by Gasteiger charge is 2.26. The first-order chi connectivity index (χ1) is 20.8. The van der Waals surface area contributed by atoms with Gasteiger partial charge in [-0.2, -0.15) is 10.2 Å². The Balaban J connectivity index is 1.21. The van der Waals surface area contributed by atoms with E-state index in [9.17, 15) is 18.8 Å². The maximum absolute atomic E-state index is 14.5. The molecule has 0 bridgehead atoms. The van der Waals surface area contributed by atoms with E-state index in [-0.39, 0.29) is 41.6 Å². The van der Waals surface area contributed by atoms with E-state index in [1.807, 2.05) is 12.3 Å². The molecule has 1 amide bonds. The number of pyridine rings is 2. The lowest BCUT2D eigenvalue weighted by molar-refractivity contribution is -0.114. The third-order valence-electron chi connectivity index (χ3n) is 7.08. The summed E-state index contributed by atoms with van der Waals surface area (Å²) in [5.41, 5.74) is 1.23. The minimum atomic E-state index is -0.724. The summed E-state index contributed by atoms with van der Waals surface area (Å²) in [4.78, 5) is 51.1. The van der Waals surface area contributed by atoms with Crippen LogP contribution in [0.4, 0.5) is 4.39 Å². The minimum absolute atomic E-state index is 0.0617. The molecule has 0 radical (unpaired) electrons. The average Bonchev–Trinajstić information content (AvgIpc) is 3.65. The molecule has 0 aliphatic heterocycles. The number of aliphatic imine (C=N–C) groups is 1. The van der Waals surface area contributed by atoms with Gasteiger partial charge in [0.25, 0.3) is 5.91 Å². The third kappa shape index (κ3) is 5.30. The van der Waals surface area contributed by atoms with Gasteiger partial charge in [-0.05, 0) is 43.4 Å². The number of nitrogens with one attached hydrogen (secondary N) is 1. The summed E-state index contributed by atoms with van der Waals surface area (Å²) in [6, 6.07) is 3.26. The molecule has 0 spiro atoms. The number of halogens is 2. The minimum Gasteiger partial charge on any atom is -0.345 e. The second kappa shape index (κ2) is 11.2. The number of aryl methyl sites for hydroxylation is 1. The molecule has 1 aliphatic carbocycles. The molecule has 5 aromatic heterocycles. The predicted octanol–water partition coefficient (Wildman–Crippen LogP) is 1.58. The van der Waals surface area contributed by atoms with Crippen LogP contribution in [-0.2, 0) is 24.4 Å². The Morgan fingerprint density at radius 2 is 2.05 bits per heavy atom. The number of imidazole rings is 2. The van der Waals surface area contributed by atoms with Crippen LogP contribution in [0.2, 0.25) is 5.02 Å². The van der Waals surface area contributed by atoms with Crippen molar-refractivity contribution in [2.24, 2.45) is 15.9 Å². The summed E-state index contributed by atoms with van der Waals surface area (Å²) in [6.45, 7) is 1.97. The SMILES string of the molecule is CCn1ncn(-c2cc(C3CC3)cn3cc(CN=CC(=NN)C(=O)NCc4ncn5ccc(Cl)c(F)c45)nc23)c(=O)c1=O. The van der Waals surface area contributed by atoms with Crippen LogP contribution in [-0.4, -0.2) is 51.0 Å². The highest BCUT2D eigenvalue weighted by Crippen LogP contribution is 2.41. The van der Waals surface area contributed by atoms with E-state index in [1.165, 1.54) is 33.9 Å². The molecule has 0 atom stereocenters. The van der Waals surface area contributed by atoms with Gasteiger partial charge in [-0.3, -0.25) is 23.9 Å². The van der Waals surface area contributed by atoms with Gasteiger partial charge in [0.05, 0.1) is 47.7 Å². The molecule has 220 valence electrons. The van der Waals surface area contributed by atoms with Crippen molar-refractivity contribution >= 4 is 40.6 Å². The summed E-state index contributed by atoms with van der Waals surface area (Å²) < 4.78 is 20.0. The molecule has 1 aliphatic rings. The molecule has 0 unspecified atom stereocenters. The van der Waals surface area contributed by atoms with E-state index in [4.69, 9.17) is 17.4 Å². The molecule has 43 heavy (non-hydrogen) atoms. The fourth-order valence-corrected chi connectivity index (χ4v) is 4.87. The molecule has 1 saturated carbocycles. The van der Waals surface area contributed by atoms with E-state index >= 15 is 0 Å². The van der Waals surface area contributed by atoms with Crippen molar-refractivity contribution in [3.05, 3.63) is 91.9 Å². The normalized spacial score (nSPS) is 13.9. The number of rotatable bonds is 9. The quantitative estimate of drug-likeness (QED) is 0.111. The van der Waals surface area contributed by atoms with Crippen LogP contribution < -0.4 is 22.3 Å². The summed E-state index contributed by atoms with van der Waals surface area (Å²) in [7, 11) is 0. The number of nitrogens with zero attached hydrogens (tertiary/aromatic N) is 9. The zero-order chi connectivity index (χ0) is 30.2. The zero-order valence-corrected chi connectivity index (χ0v) is 23.6. The number of carbonyl (C=O) groups excluding carboxylic acids is 1. The van der Waals surface area contributed by atoms with E-state index < -0.39 is 22.8 Å². The Bertz CT molecular complexity index is 2070. The third-order valence-corrected chi connectivity index (χ3v) is 7.37. The lowest BCUT2D eigenvalue weighted by Crippen LogP contribution is -2.41. The van der Waals surface area contributed by atoms with Crippen LogP contribution in [0.3, 0.4) is 0 Å².